The zero-order valence-electron chi connectivity index (χ0n) is 24.2. The maximum atomic E-state index is 14.1. The second-order valence-corrected chi connectivity index (χ2v) is 10.9. The zero-order valence-corrected chi connectivity index (χ0v) is 24.2. The van der Waals surface area contributed by atoms with Gasteiger partial charge in [-0.15, -0.1) is 0 Å². The number of anilines is 2. The SMILES string of the molecule is C[C@@H]1CCCCO[C@@H](CN(C)C)[C@@H](C)CN([C@@H](C)CO)C(=O)c2cc(NC(=O)Nc3ccc(F)cc3)ccc2O1. The quantitative estimate of drug-likeness (QED) is 0.470. The van der Waals surface area contributed by atoms with Gasteiger partial charge in [0, 0.05) is 37.0 Å². The molecule has 3 amide bonds. The van der Waals surface area contributed by atoms with Gasteiger partial charge in [0.2, 0.25) is 0 Å². The summed E-state index contributed by atoms with van der Waals surface area (Å²) in [5, 5.41) is 15.4. The number of aliphatic hydroxyl groups is 1. The number of likely N-dealkylation sites (N-methyl/N-ethyl adjacent to an activating group) is 1. The predicted octanol–water partition coefficient (Wildman–Crippen LogP) is 4.83. The molecule has 0 unspecified atom stereocenters. The van der Waals surface area contributed by atoms with E-state index in [1.54, 1.807) is 30.0 Å². The molecule has 0 spiro atoms. The van der Waals surface area contributed by atoms with Gasteiger partial charge in [-0.25, -0.2) is 9.18 Å². The first kappa shape index (κ1) is 31.3. The molecular formula is C30H43FN4O5. The number of nitrogens with zero attached hydrogens (tertiary/aromatic N) is 2. The Hall–Kier alpha value is -3.21. The van der Waals surface area contributed by atoms with E-state index in [4.69, 9.17) is 9.47 Å². The van der Waals surface area contributed by atoms with E-state index >= 15 is 0 Å². The second kappa shape index (κ2) is 15.0. The molecule has 0 saturated heterocycles. The fourth-order valence-electron chi connectivity index (χ4n) is 4.65. The van der Waals surface area contributed by atoms with Crippen LogP contribution in [-0.2, 0) is 4.74 Å². The molecule has 0 saturated carbocycles. The summed E-state index contributed by atoms with van der Waals surface area (Å²) >= 11 is 0. The number of carbonyl (C=O) groups is 2. The molecule has 0 fully saturated rings. The van der Waals surface area contributed by atoms with E-state index in [2.05, 4.69) is 22.5 Å². The molecule has 3 rings (SSSR count). The minimum absolute atomic E-state index is 0.00521. The van der Waals surface area contributed by atoms with Crippen LogP contribution in [-0.4, -0.2) is 85.5 Å². The van der Waals surface area contributed by atoms with Crippen molar-refractivity contribution in [1.82, 2.24) is 9.80 Å². The number of carbonyl (C=O) groups excluding carboxylic acids is 2. The van der Waals surface area contributed by atoms with Crippen LogP contribution in [0.3, 0.4) is 0 Å². The number of fused-ring (bicyclic) bond motifs is 1. The van der Waals surface area contributed by atoms with Crippen LogP contribution < -0.4 is 15.4 Å². The van der Waals surface area contributed by atoms with Crippen molar-refractivity contribution in [2.45, 2.75) is 58.3 Å². The lowest BCUT2D eigenvalue weighted by Crippen LogP contribution is -2.47. The van der Waals surface area contributed by atoms with Crippen molar-refractivity contribution >= 4 is 23.3 Å². The van der Waals surface area contributed by atoms with Gasteiger partial charge in [0.1, 0.15) is 11.6 Å². The highest BCUT2D eigenvalue weighted by molar-refractivity contribution is 6.02. The number of nitrogens with one attached hydrogen (secondary N) is 2. The molecule has 2 aromatic rings. The molecule has 1 aliphatic heterocycles. The number of hydrogen-bond donors (Lipinski definition) is 3. The number of amides is 3. The molecule has 3 N–H and O–H groups in total. The Morgan fingerprint density at radius 2 is 1.80 bits per heavy atom. The van der Waals surface area contributed by atoms with Crippen molar-refractivity contribution < 1.29 is 28.6 Å². The van der Waals surface area contributed by atoms with Gasteiger partial charge in [-0.1, -0.05) is 6.92 Å². The van der Waals surface area contributed by atoms with Crippen LogP contribution in [0.1, 0.15) is 50.4 Å². The number of rotatable bonds is 6. The number of aliphatic hydroxyl groups excluding tert-OH is 1. The Labute approximate surface area is 236 Å². The molecule has 0 radical (unpaired) electrons. The summed E-state index contributed by atoms with van der Waals surface area (Å²) in [6.45, 7) is 7.33. The van der Waals surface area contributed by atoms with E-state index in [1.807, 2.05) is 21.0 Å². The topological polar surface area (TPSA) is 103 Å². The van der Waals surface area contributed by atoms with Crippen molar-refractivity contribution in [1.29, 1.82) is 0 Å². The summed E-state index contributed by atoms with van der Waals surface area (Å²) in [4.78, 5) is 30.4. The Bertz CT molecular complexity index is 1110. The number of urea groups is 1. The van der Waals surface area contributed by atoms with Crippen molar-refractivity contribution in [3.63, 3.8) is 0 Å². The summed E-state index contributed by atoms with van der Waals surface area (Å²) in [6.07, 6.45) is 2.39. The van der Waals surface area contributed by atoms with Gasteiger partial charge in [-0.2, -0.15) is 0 Å². The summed E-state index contributed by atoms with van der Waals surface area (Å²) in [5.41, 5.74) is 1.11. The van der Waals surface area contributed by atoms with Crippen molar-refractivity contribution in [2.75, 3.05) is 51.0 Å². The monoisotopic (exact) mass is 558 g/mol. The molecular weight excluding hydrogens is 515 g/mol. The molecule has 4 atom stereocenters. The number of halogens is 1. The zero-order chi connectivity index (χ0) is 29.2. The summed E-state index contributed by atoms with van der Waals surface area (Å²) < 4.78 is 25.7. The maximum absolute atomic E-state index is 14.1. The van der Waals surface area contributed by atoms with Gasteiger partial charge in [0.15, 0.2) is 0 Å². The molecule has 220 valence electrons. The van der Waals surface area contributed by atoms with Crippen LogP contribution in [0.5, 0.6) is 5.75 Å². The minimum Gasteiger partial charge on any atom is -0.490 e. The number of benzene rings is 2. The van der Waals surface area contributed by atoms with E-state index < -0.39 is 17.9 Å². The van der Waals surface area contributed by atoms with Gasteiger partial charge in [0.25, 0.3) is 5.91 Å². The third kappa shape index (κ3) is 9.18. The summed E-state index contributed by atoms with van der Waals surface area (Å²) in [6, 6.07) is 9.39. The van der Waals surface area contributed by atoms with E-state index in [-0.39, 0.29) is 30.6 Å². The van der Waals surface area contributed by atoms with Crippen LogP contribution in [0.25, 0.3) is 0 Å². The van der Waals surface area contributed by atoms with E-state index in [0.29, 0.717) is 42.4 Å². The smallest absolute Gasteiger partial charge is 0.323 e. The third-order valence-corrected chi connectivity index (χ3v) is 6.96. The lowest BCUT2D eigenvalue weighted by molar-refractivity contribution is -0.0137. The highest BCUT2D eigenvalue weighted by Crippen LogP contribution is 2.28. The molecule has 0 aromatic heterocycles. The van der Waals surface area contributed by atoms with Gasteiger partial charge in [-0.05, 0) is 89.7 Å². The van der Waals surface area contributed by atoms with Crippen molar-refractivity contribution in [3.8, 4) is 5.75 Å². The van der Waals surface area contributed by atoms with Crippen molar-refractivity contribution in [2.24, 2.45) is 5.92 Å². The average molecular weight is 559 g/mol. The lowest BCUT2D eigenvalue weighted by Gasteiger charge is -2.35. The molecule has 10 heteroatoms. The highest BCUT2D eigenvalue weighted by atomic mass is 19.1. The minimum atomic E-state index is -0.535. The Balaban J connectivity index is 1.92. The lowest BCUT2D eigenvalue weighted by atomic mass is 10.0. The first-order valence-electron chi connectivity index (χ1n) is 13.9. The average Bonchev–Trinajstić information content (AvgIpc) is 2.91. The highest BCUT2D eigenvalue weighted by Gasteiger charge is 2.30. The van der Waals surface area contributed by atoms with E-state index in [0.717, 1.165) is 19.3 Å². The molecule has 9 nitrogen and oxygen atoms in total. The summed E-state index contributed by atoms with van der Waals surface area (Å²) in [5.74, 6) is -0.295. The van der Waals surface area contributed by atoms with Gasteiger partial charge in [-0.3, -0.25) is 4.79 Å². The predicted molar refractivity (Wildman–Crippen MR) is 154 cm³/mol. The Kier molecular flexibility index (Phi) is 11.7. The van der Waals surface area contributed by atoms with E-state index in [9.17, 15) is 19.1 Å². The van der Waals surface area contributed by atoms with Crippen LogP contribution in [0.4, 0.5) is 20.6 Å². The molecule has 40 heavy (non-hydrogen) atoms. The molecule has 2 aromatic carbocycles. The third-order valence-electron chi connectivity index (χ3n) is 6.96. The first-order chi connectivity index (χ1) is 19.1. The van der Waals surface area contributed by atoms with Crippen molar-refractivity contribution in [3.05, 3.63) is 53.8 Å². The van der Waals surface area contributed by atoms with Gasteiger partial charge < -0.3 is 35.0 Å². The second-order valence-electron chi connectivity index (χ2n) is 10.9. The van der Waals surface area contributed by atoms with Gasteiger partial charge in [0.05, 0.1) is 30.4 Å². The molecule has 1 aliphatic rings. The fraction of sp³-hybridized carbons (Fsp3) is 0.533. The van der Waals surface area contributed by atoms with Crippen LogP contribution in [0, 0.1) is 11.7 Å². The first-order valence-corrected chi connectivity index (χ1v) is 13.9. The largest absolute Gasteiger partial charge is 0.490 e. The number of ether oxygens (including phenoxy) is 2. The Morgan fingerprint density at radius 1 is 1.12 bits per heavy atom. The molecule has 1 heterocycles. The standard InChI is InChI=1S/C30H43FN4O5/c1-20-17-35(21(2)19-36)29(37)26-16-25(33-30(38)32-24-11-9-23(31)10-12-24)13-14-27(26)40-22(3)8-6-7-15-39-28(20)18-34(4)5/h9-14,16,20-22,28,36H,6-8,15,17-19H2,1-5H3,(H2,32,33,38)/t20-,21-,22+,28-/m0/s1. The van der Waals surface area contributed by atoms with Gasteiger partial charge >= 0.3 is 6.03 Å². The Morgan fingerprint density at radius 3 is 2.48 bits per heavy atom. The van der Waals surface area contributed by atoms with Crippen LogP contribution >= 0.6 is 0 Å². The normalized spacial score (nSPS) is 21.6. The fourth-order valence-corrected chi connectivity index (χ4v) is 4.65. The summed E-state index contributed by atoms with van der Waals surface area (Å²) in [7, 11) is 3.99. The molecule has 0 bridgehead atoms. The molecule has 0 aliphatic carbocycles. The van der Waals surface area contributed by atoms with E-state index in [1.165, 1.54) is 24.3 Å². The number of hydrogen-bond acceptors (Lipinski definition) is 6. The maximum Gasteiger partial charge on any atom is 0.323 e. The van der Waals surface area contributed by atoms with Crippen LogP contribution in [0.2, 0.25) is 0 Å². The van der Waals surface area contributed by atoms with Crippen LogP contribution in [0.15, 0.2) is 42.5 Å².